The average Bonchev–Trinajstić information content (AvgIpc) is 2.32. The van der Waals surface area contributed by atoms with Gasteiger partial charge in [0.05, 0.1) is 11.5 Å². The second kappa shape index (κ2) is 5.88. The lowest BCUT2D eigenvalue weighted by molar-refractivity contribution is -0.263. The van der Waals surface area contributed by atoms with Crippen LogP contribution in [-0.2, 0) is 6.18 Å². The van der Waals surface area contributed by atoms with Crippen molar-refractivity contribution >= 4 is 0 Å². The van der Waals surface area contributed by atoms with E-state index in [0.29, 0.717) is 24.3 Å². The molecule has 1 rings (SSSR count). The monoisotopic (exact) mass is 340 g/mol. The molecule has 0 amide bonds. The predicted octanol–water partition coefficient (Wildman–Crippen LogP) is 5.21. The maximum absolute atomic E-state index is 12.7. The first-order valence-electron chi connectivity index (χ1n) is 5.70. The predicted molar refractivity (Wildman–Crippen MR) is 57.1 cm³/mol. The summed E-state index contributed by atoms with van der Waals surface area (Å²) in [6.45, 7) is 0.280. The molecule has 0 heterocycles. The SMILES string of the molecule is CC(C(Oc1ccc(C(F)(F)F)cc1)C(F)(F)F)C(F)(F)F. The third kappa shape index (κ3) is 4.70. The zero-order chi connectivity index (χ0) is 17.3. The fourth-order valence-corrected chi connectivity index (χ4v) is 1.49. The number of alkyl halides is 9. The molecular formula is C12H9F9O. The molecule has 0 aliphatic heterocycles. The Kier molecular flexibility index (Phi) is 4.93. The molecule has 2 atom stereocenters. The normalized spacial score (nSPS) is 16.3. The van der Waals surface area contributed by atoms with Gasteiger partial charge < -0.3 is 4.74 Å². The Morgan fingerprint density at radius 1 is 0.773 bits per heavy atom. The second-order valence-corrected chi connectivity index (χ2v) is 4.43. The summed E-state index contributed by atoms with van der Waals surface area (Å²) >= 11 is 0. The van der Waals surface area contributed by atoms with Crippen LogP contribution in [0.4, 0.5) is 39.5 Å². The van der Waals surface area contributed by atoms with Gasteiger partial charge in [0.2, 0.25) is 6.10 Å². The summed E-state index contributed by atoms with van der Waals surface area (Å²) in [7, 11) is 0. The van der Waals surface area contributed by atoms with Gasteiger partial charge in [-0.15, -0.1) is 0 Å². The highest BCUT2D eigenvalue weighted by atomic mass is 19.4. The minimum Gasteiger partial charge on any atom is -0.480 e. The third-order valence-electron chi connectivity index (χ3n) is 2.74. The van der Waals surface area contributed by atoms with Crippen molar-refractivity contribution in [2.75, 3.05) is 0 Å². The Labute approximate surface area is 118 Å². The number of hydrogen-bond donors (Lipinski definition) is 0. The molecule has 1 aromatic rings. The molecule has 0 aliphatic carbocycles. The Morgan fingerprint density at radius 2 is 1.23 bits per heavy atom. The van der Waals surface area contributed by atoms with E-state index in [1.54, 1.807) is 0 Å². The van der Waals surface area contributed by atoms with Gasteiger partial charge in [0, 0.05) is 0 Å². The van der Waals surface area contributed by atoms with Crippen molar-refractivity contribution in [3.63, 3.8) is 0 Å². The summed E-state index contributed by atoms with van der Waals surface area (Å²) in [6.07, 6.45) is -18.4. The Morgan fingerprint density at radius 3 is 1.55 bits per heavy atom. The van der Waals surface area contributed by atoms with Crippen molar-refractivity contribution in [2.45, 2.75) is 31.6 Å². The molecule has 126 valence electrons. The largest absolute Gasteiger partial charge is 0.480 e. The summed E-state index contributed by atoms with van der Waals surface area (Å²) in [4.78, 5) is 0. The summed E-state index contributed by atoms with van der Waals surface area (Å²) in [5.74, 6) is -3.62. The number of halogens is 9. The van der Waals surface area contributed by atoms with Gasteiger partial charge in [-0.05, 0) is 31.2 Å². The first-order valence-corrected chi connectivity index (χ1v) is 5.70. The van der Waals surface area contributed by atoms with E-state index in [4.69, 9.17) is 0 Å². The Hall–Kier alpha value is -1.61. The topological polar surface area (TPSA) is 9.23 Å². The second-order valence-electron chi connectivity index (χ2n) is 4.43. The lowest BCUT2D eigenvalue weighted by atomic mass is 10.0. The van der Waals surface area contributed by atoms with Gasteiger partial charge in [0.1, 0.15) is 5.75 Å². The summed E-state index contributed by atoms with van der Waals surface area (Å²) in [5, 5.41) is 0. The van der Waals surface area contributed by atoms with Crippen LogP contribution in [0.2, 0.25) is 0 Å². The fourth-order valence-electron chi connectivity index (χ4n) is 1.49. The first kappa shape index (κ1) is 18.4. The summed E-state index contributed by atoms with van der Waals surface area (Å²) < 4.78 is 116. The molecule has 0 radical (unpaired) electrons. The first-order chi connectivity index (χ1) is 9.73. The standard InChI is InChI=1S/C12H9F9O/c1-6(10(13,14)15)9(12(19,20)21)22-8-4-2-7(3-5-8)11(16,17)18/h2-6,9H,1H3. The van der Waals surface area contributed by atoms with Crippen LogP contribution in [0.25, 0.3) is 0 Å². The highest BCUT2D eigenvalue weighted by molar-refractivity contribution is 5.29. The third-order valence-corrected chi connectivity index (χ3v) is 2.74. The molecule has 0 bridgehead atoms. The minimum absolute atomic E-state index is 0.280. The lowest BCUT2D eigenvalue weighted by Gasteiger charge is -2.28. The quantitative estimate of drug-likeness (QED) is 0.686. The van der Waals surface area contributed by atoms with E-state index in [9.17, 15) is 39.5 Å². The molecule has 0 saturated carbocycles. The van der Waals surface area contributed by atoms with Crippen molar-refractivity contribution in [1.29, 1.82) is 0 Å². The molecule has 1 aromatic carbocycles. The van der Waals surface area contributed by atoms with E-state index in [2.05, 4.69) is 4.74 Å². The van der Waals surface area contributed by atoms with Gasteiger partial charge in [0.25, 0.3) is 0 Å². The zero-order valence-corrected chi connectivity index (χ0v) is 10.8. The molecule has 2 unspecified atom stereocenters. The van der Waals surface area contributed by atoms with E-state index < -0.39 is 41.9 Å². The fraction of sp³-hybridized carbons (Fsp3) is 0.500. The van der Waals surface area contributed by atoms with Crippen molar-refractivity contribution in [3.8, 4) is 5.75 Å². The highest BCUT2D eigenvalue weighted by Gasteiger charge is 2.54. The van der Waals surface area contributed by atoms with Crippen LogP contribution in [0.1, 0.15) is 12.5 Å². The summed E-state index contributed by atoms with van der Waals surface area (Å²) in [6, 6.07) is 1.90. The molecule has 0 fully saturated rings. The molecule has 0 aliphatic rings. The minimum atomic E-state index is -5.34. The van der Waals surface area contributed by atoms with E-state index in [0.717, 1.165) is 0 Å². The number of rotatable bonds is 3. The number of hydrogen-bond acceptors (Lipinski definition) is 1. The van der Waals surface area contributed by atoms with Crippen LogP contribution in [-0.4, -0.2) is 18.5 Å². The molecule has 1 nitrogen and oxygen atoms in total. The molecule has 22 heavy (non-hydrogen) atoms. The van der Waals surface area contributed by atoms with Gasteiger partial charge in [0.15, 0.2) is 0 Å². The van der Waals surface area contributed by atoms with Crippen LogP contribution >= 0.6 is 0 Å². The van der Waals surface area contributed by atoms with Crippen molar-refractivity contribution in [1.82, 2.24) is 0 Å². The molecule has 0 spiro atoms. The number of ether oxygens (including phenoxy) is 1. The molecular weight excluding hydrogens is 331 g/mol. The van der Waals surface area contributed by atoms with E-state index in [1.807, 2.05) is 0 Å². The van der Waals surface area contributed by atoms with Gasteiger partial charge in [-0.1, -0.05) is 0 Å². The maximum Gasteiger partial charge on any atom is 0.426 e. The van der Waals surface area contributed by atoms with Crippen LogP contribution < -0.4 is 4.74 Å². The van der Waals surface area contributed by atoms with Crippen LogP contribution in [0.15, 0.2) is 24.3 Å². The van der Waals surface area contributed by atoms with Crippen molar-refractivity contribution in [3.05, 3.63) is 29.8 Å². The Bertz CT molecular complexity index is 483. The van der Waals surface area contributed by atoms with Gasteiger partial charge >= 0.3 is 18.5 Å². The average molecular weight is 340 g/mol. The van der Waals surface area contributed by atoms with Crippen molar-refractivity contribution in [2.24, 2.45) is 5.92 Å². The van der Waals surface area contributed by atoms with E-state index >= 15 is 0 Å². The van der Waals surface area contributed by atoms with Crippen molar-refractivity contribution < 1.29 is 44.3 Å². The van der Waals surface area contributed by atoms with Gasteiger partial charge in [-0.2, -0.15) is 39.5 Å². The highest BCUT2D eigenvalue weighted by Crippen LogP contribution is 2.38. The maximum atomic E-state index is 12.7. The molecule has 0 aromatic heterocycles. The Balaban J connectivity index is 3.01. The van der Waals surface area contributed by atoms with Gasteiger partial charge in [-0.25, -0.2) is 0 Å². The molecule has 10 heteroatoms. The summed E-state index contributed by atoms with van der Waals surface area (Å²) in [5.41, 5.74) is -1.16. The molecule has 0 saturated heterocycles. The zero-order valence-electron chi connectivity index (χ0n) is 10.8. The van der Waals surface area contributed by atoms with E-state index in [-0.39, 0.29) is 6.92 Å². The van der Waals surface area contributed by atoms with Crippen LogP contribution in [0.5, 0.6) is 5.75 Å². The smallest absolute Gasteiger partial charge is 0.426 e. The number of benzene rings is 1. The van der Waals surface area contributed by atoms with Crippen LogP contribution in [0.3, 0.4) is 0 Å². The molecule has 0 N–H and O–H groups in total. The van der Waals surface area contributed by atoms with Gasteiger partial charge in [-0.3, -0.25) is 0 Å². The van der Waals surface area contributed by atoms with E-state index in [1.165, 1.54) is 0 Å². The van der Waals surface area contributed by atoms with Crippen LogP contribution in [0, 0.1) is 5.92 Å². The lowest BCUT2D eigenvalue weighted by Crippen LogP contribution is -2.45.